The number of rotatable bonds is 4. The molecule has 0 aliphatic heterocycles. The first-order chi connectivity index (χ1) is 9.08. The number of anilines is 2. The smallest absolute Gasteiger partial charge is 0.306 e. The molecule has 0 aliphatic rings. The number of para-hydroxylation sites is 1. The minimum absolute atomic E-state index is 0.412. The Labute approximate surface area is 109 Å². The number of halogens is 1. The molecule has 0 fully saturated rings. The van der Waals surface area contributed by atoms with Crippen LogP contribution in [0.1, 0.15) is 5.56 Å². The summed E-state index contributed by atoms with van der Waals surface area (Å²) >= 11 is 0. The summed E-state index contributed by atoms with van der Waals surface area (Å²) in [5, 5.41) is 13.6. The highest BCUT2D eigenvalue weighted by Gasteiger charge is 2.14. The Morgan fingerprint density at radius 3 is 2.68 bits per heavy atom. The predicted molar refractivity (Wildman–Crippen MR) is 71.2 cm³/mol. The molecule has 0 spiro atoms. The van der Waals surface area contributed by atoms with E-state index in [-0.39, 0.29) is 0 Å². The second kappa shape index (κ2) is 5.34. The molecule has 5 nitrogen and oxygen atoms in total. The van der Waals surface area contributed by atoms with Crippen molar-refractivity contribution in [1.82, 2.24) is 0 Å². The van der Waals surface area contributed by atoms with Crippen LogP contribution in [-0.4, -0.2) is 4.92 Å². The summed E-state index contributed by atoms with van der Waals surface area (Å²) in [5.41, 5.74) is 7.20. The van der Waals surface area contributed by atoms with E-state index in [1.165, 1.54) is 6.07 Å². The van der Waals surface area contributed by atoms with Crippen molar-refractivity contribution in [2.45, 2.75) is 6.54 Å². The Morgan fingerprint density at radius 1 is 1.26 bits per heavy atom. The van der Waals surface area contributed by atoms with Gasteiger partial charge < -0.3 is 11.1 Å². The topological polar surface area (TPSA) is 81.2 Å². The van der Waals surface area contributed by atoms with E-state index >= 15 is 0 Å². The first-order valence-electron chi connectivity index (χ1n) is 5.59. The second-order valence-electron chi connectivity index (χ2n) is 3.98. The Balaban J connectivity index is 2.14. The van der Waals surface area contributed by atoms with E-state index < -0.39 is 16.4 Å². The van der Waals surface area contributed by atoms with Gasteiger partial charge in [-0.2, -0.15) is 4.39 Å². The SMILES string of the molecule is Nc1ccccc1CNc1ccc(F)c([N+](=O)[O-])c1. The zero-order valence-electron chi connectivity index (χ0n) is 9.97. The fraction of sp³-hybridized carbons (Fsp3) is 0.0769. The van der Waals surface area contributed by atoms with Crippen LogP contribution in [0.15, 0.2) is 42.5 Å². The Bertz CT molecular complexity index is 617. The standard InChI is InChI=1S/C13H12FN3O2/c14-11-6-5-10(7-13(11)17(18)19)16-8-9-3-1-2-4-12(9)15/h1-7,16H,8,15H2. The summed E-state index contributed by atoms with van der Waals surface area (Å²) in [6, 6.07) is 11.0. The number of nitro benzene ring substituents is 1. The first kappa shape index (κ1) is 12.8. The van der Waals surface area contributed by atoms with Gasteiger partial charge in [0.25, 0.3) is 0 Å². The Kier molecular flexibility index (Phi) is 3.61. The van der Waals surface area contributed by atoms with E-state index in [0.717, 1.165) is 17.7 Å². The first-order valence-corrected chi connectivity index (χ1v) is 5.59. The molecule has 0 atom stereocenters. The lowest BCUT2D eigenvalue weighted by molar-refractivity contribution is -0.387. The number of nitrogens with zero attached hydrogens (tertiary/aromatic N) is 1. The number of nitrogens with two attached hydrogens (primary N) is 1. The molecule has 98 valence electrons. The monoisotopic (exact) mass is 261 g/mol. The molecule has 0 aliphatic carbocycles. The van der Waals surface area contributed by atoms with Crippen molar-refractivity contribution in [1.29, 1.82) is 0 Å². The number of hydrogen-bond acceptors (Lipinski definition) is 4. The molecule has 2 rings (SSSR count). The zero-order valence-corrected chi connectivity index (χ0v) is 9.97. The minimum atomic E-state index is -0.852. The molecule has 0 saturated heterocycles. The fourth-order valence-corrected chi connectivity index (χ4v) is 1.66. The van der Waals surface area contributed by atoms with Gasteiger partial charge >= 0.3 is 5.69 Å². The van der Waals surface area contributed by atoms with Crippen LogP contribution in [0.3, 0.4) is 0 Å². The summed E-state index contributed by atoms with van der Waals surface area (Å²) in [6.45, 7) is 0.412. The van der Waals surface area contributed by atoms with Crippen LogP contribution in [0.5, 0.6) is 0 Å². The van der Waals surface area contributed by atoms with Crippen molar-refractivity contribution in [2.24, 2.45) is 0 Å². The second-order valence-corrected chi connectivity index (χ2v) is 3.98. The Hall–Kier alpha value is -2.63. The third-order valence-electron chi connectivity index (χ3n) is 2.68. The summed E-state index contributed by atoms with van der Waals surface area (Å²) < 4.78 is 13.2. The molecule has 0 saturated carbocycles. The lowest BCUT2D eigenvalue weighted by atomic mass is 10.2. The average molecular weight is 261 g/mol. The van der Waals surface area contributed by atoms with E-state index in [2.05, 4.69) is 5.32 Å². The molecule has 6 heteroatoms. The average Bonchev–Trinajstić information content (AvgIpc) is 2.39. The minimum Gasteiger partial charge on any atom is -0.398 e. The number of nitrogen functional groups attached to an aromatic ring is 1. The summed E-state index contributed by atoms with van der Waals surface area (Å²) in [7, 11) is 0. The van der Waals surface area contributed by atoms with Crippen molar-refractivity contribution in [3.63, 3.8) is 0 Å². The molecule has 0 amide bonds. The third kappa shape index (κ3) is 2.98. The predicted octanol–water partition coefficient (Wildman–Crippen LogP) is 2.93. The van der Waals surface area contributed by atoms with Gasteiger partial charge in [-0.1, -0.05) is 18.2 Å². The van der Waals surface area contributed by atoms with Gasteiger partial charge in [-0.25, -0.2) is 0 Å². The Morgan fingerprint density at radius 2 is 2.00 bits per heavy atom. The number of nitrogens with one attached hydrogen (secondary N) is 1. The molecule has 0 aromatic heterocycles. The van der Waals surface area contributed by atoms with Gasteiger partial charge in [0.05, 0.1) is 4.92 Å². The van der Waals surface area contributed by atoms with Crippen molar-refractivity contribution < 1.29 is 9.31 Å². The van der Waals surface area contributed by atoms with Crippen LogP contribution in [0.4, 0.5) is 21.5 Å². The van der Waals surface area contributed by atoms with Crippen LogP contribution in [0.2, 0.25) is 0 Å². The van der Waals surface area contributed by atoms with Gasteiger partial charge in [0.15, 0.2) is 0 Å². The maximum atomic E-state index is 13.2. The molecule has 0 radical (unpaired) electrons. The van der Waals surface area contributed by atoms with Gasteiger partial charge in [0.1, 0.15) is 0 Å². The number of nitro groups is 1. The molecule has 2 aromatic rings. The molecular weight excluding hydrogens is 249 g/mol. The van der Waals surface area contributed by atoms with E-state index in [4.69, 9.17) is 5.73 Å². The zero-order chi connectivity index (χ0) is 13.8. The molecule has 2 aromatic carbocycles. The van der Waals surface area contributed by atoms with E-state index in [1.54, 1.807) is 6.07 Å². The maximum absolute atomic E-state index is 13.2. The molecule has 3 N–H and O–H groups in total. The number of hydrogen-bond donors (Lipinski definition) is 2. The molecular formula is C13H12FN3O2. The molecule has 0 unspecified atom stereocenters. The van der Waals surface area contributed by atoms with Crippen LogP contribution < -0.4 is 11.1 Å². The third-order valence-corrected chi connectivity index (χ3v) is 2.68. The van der Waals surface area contributed by atoms with Crippen LogP contribution in [0, 0.1) is 15.9 Å². The van der Waals surface area contributed by atoms with Crippen LogP contribution >= 0.6 is 0 Å². The molecule has 19 heavy (non-hydrogen) atoms. The van der Waals surface area contributed by atoms with Crippen LogP contribution in [-0.2, 0) is 6.54 Å². The highest BCUT2D eigenvalue weighted by Crippen LogP contribution is 2.22. The highest BCUT2D eigenvalue weighted by molar-refractivity contribution is 5.54. The van der Waals surface area contributed by atoms with Gasteiger partial charge in [-0.05, 0) is 23.8 Å². The largest absolute Gasteiger partial charge is 0.398 e. The number of benzene rings is 2. The quantitative estimate of drug-likeness (QED) is 0.503. The highest BCUT2D eigenvalue weighted by atomic mass is 19.1. The van der Waals surface area contributed by atoms with Crippen molar-refractivity contribution in [3.8, 4) is 0 Å². The lowest BCUT2D eigenvalue weighted by Crippen LogP contribution is -2.03. The van der Waals surface area contributed by atoms with E-state index in [9.17, 15) is 14.5 Å². The molecule has 0 bridgehead atoms. The van der Waals surface area contributed by atoms with Gasteiger partial charge in [0, 0.05) is 24.0 Å². The lowest BCUT2D eigenvalue weighted by Gasteiger charge is -2.08. The normalized spacial score (nSPS) is 10.2. The van der Waals surface area contributed by atoms with Crippen LogP contribution in [0.25, 0.3) is 0 Å². The van der Waals surface area contributed by atoms with Gasteiger partial charge in [0.2, 0.25) is 5.82 Å². The van der Waals surface area contributed by atoms with Gasteiger partial charge in [-0.3, -0.25) is 10.1 Å². The maximum Gasteiger partial charge on any atom is 0.306 e. The summed E-state index contributed by atoms with van der Waals surface area (Å²) in [4.78, 5) is 9.87. The van der Waals surface area contributed by atoms with Crippen molar-refractivity contribution >= 4 is 17.1 Å². The summed E-state index contributed by atoms with van der Waals surface area (Å²) in [5.74, 6) is -0.852. The fourth-order valence-electron chi connectivity index (χ4n) is 1.66. The van der Waals surface area contributed by atoms with E-state index in [1.807, 2.05) is 18.2 Å². The summed E-state index contributed by atoms with van der Waals surface area (Å²) in [6.07, 6.45) is 0. The van der Waals surface area contributed by atoms with Crippen molar-refractivity contribution in [2.75, 3.05) is 11.1 Å². The van der Waals surface area contributed by atoms with Crippen molar-refractivity contribution in [3.05, 3.63) is 64.0 Å². The molecule has 0 heterocycles. The van der Waals surface area contributed by atoms with E-state index in [0.29, 0.717) is 17.9 Å². The van der Waals surface area contributed by atoms with Gasteiger partial charge in [-0.15, -0.1) is 0 Å².